The Balaban J connectivity index is 2.02. The molecule has 0 bridgehead atoms. The van der Waals surface area contributed by atoms with Crippen LogP contribution in [0.25, 0.3) is 0 Å². The van der Waals surface area contributed by atoms with Crippen molar-refractivity contribution in [2.45, 2.75) is 25.5 Å². The predicted octanol–water partition coefficient (Wildman–Crippen LogP) is 2.44. The Morgan fingerprint density at radius 2 is 2.31 bits per heavy atom. The summed E-state index contributed by atoms with van der Waals surface area (Å²) in [6.45, 7) is 2.31. The van der Waals surface area contributed by atoms with E-state index in [2.05, 4.69) is 4.90 Å². The number of benzene rings is 1. The summed E-state index contributed by atoms with van der Waals surface area (Å²) in [5.41, 5.74) is 0.914. The van der Waals surface area contributed by atoms with Crippen LogP contribution in [-0.4, -0.2) is 29.2 Å². The standard InChI is InChI=1S/C12H15ClFNO/c13-12-6-10(14)4-3-9(12)7-15-5-1-2-11(16)8-15/h3-4,6,11,16H,1-2,5,7-8H2/t11-/m1/s1. The first kappa shape index (κ1) is 11.8. The Labute approximate surface area is 99.6 Å². The molecule has 1 aromatic rings. The first-order valence-electron chi connectivity index (χ1n) is 5.49. The van der Waals surface area contributed by atoms with Crippen molar-refractivity contribution in [1.82, 2.24) is 4.90 Å². The maximum absolute atomic E-state index is 12.9. The van der Waals surface area contributed by atoms with Gasteiger partial charge in [-0.2, -0.15) is 0 Å². The molecule has 0 aliphatic carbocycles. The summed E-state index contributed by atoms with van der Waals surface area (Å²) in [5, 5.41) is 9.99. The minimum absolute atomic E-state index is 0.243. The van der Waals surface area contributed by atoms with Crippen LogP contribution in [0.5, 0.6) is 0 Å². The van der Waals surface area contributed by atoms with Gasteiger partial charge in [-0.1, -0.05) is 17.7 Å². The Kier molecular flexibility index (Phi) is 3.79. The van der Waals surface area contributed by atoms with Crippen molar-refractivity contribution in [1.29, 1.82) is 0 Å². The molecular formula is C12H15ClFNO. The quantitative estimate of drug-likeness (QED) is 0.863. The zero-order chi connectivity index (χ0) is 11.5. The maximum atomic E-state index is 12.9. The molecule has 0 radical (unpaired) electrons. The van der Waals surface area contributed by atoms with Gasteiger partial charge in [-0.05, 0) is 37.1 Å². The van der Waals surface area contributed by atoms with Crippen LogP contribution in [0.15, 0.2) is 18.2 Å². The van der Waals surface area contributed by atoms with E-state index in [0.717, 1.165) is 24.9 Å². The van der Waals surface area contributed by atoms with Crippen molar-refractivity contribution in [3.8, 4) is 0 Å². The topological polar surface area (TPSA) is 23.5 Å². The average Bonchev–Trinajstić information content (AvgIpc) is 2.22. The van der Waals surface area contributed by atoms with E-state index in [1.807, 2.05) is 0 Å². The smallest absolute Gasteiger partial charge is 0.124 e. The summed E-state index contributed by atoms with van der Waals surface area (Å²) in [6, 6.07) is 4.46. The normalized spacial score (nSPS) is 22.3. The number of β-amino-alcohol motifs (C(OH)–C–C–N with tert-alkyl or cyclic N) is 1. The van der Waals surface area contributed by atoms with Gasteiger partial charge in [-0.25, -0.2) is 4.39 Å². The van der Waals surface area contributed by atoms with Crippen LogP contribution in [0, 0.1) is 5.82 Å². The molecule has 1 aliphatic rings. The number of halogens is 2. The summed E-state index contributed by atoms with van der Waals surface area (Å²) >= 11 is 5.96. The summed E-state index contributed by atoms with van der Waals surface area (Å²) in [5.74, 6) is -0.313. The first-order chi connectivity index (χ1) is 7.65. The van der Waals surface area contributed by atoms with Crippen LogP contribution in [0.1, 0.15) is 18.4 Å². The molecule has 1 fully saturated rings. The highest BCUT2D eigenvalue weighted by molar-refractivity contribution is 6.31. The lowest BCUT2D eigenvalue weighted by Gasteiger charge is -2.30. The minimum atomic E-state index is -0.313. The summed E-state index contributed by atoms with van der Waals surface area (Å²) < 4.78 is 12.9. The average molecular weight is 244 g/mol. The number of likely N-dealkylation sites (tertiary alicyclic amines) is 1. The molecule has 1 atom stereocenters. The van der Waals surface area contributed by atoms with Crippen LogP contribution >= 0.6 is 11.6 Å². The molecule has 1 saturated heterocycles. The van der Waals surface area contributed by atoms with Crippen molar-refractivity contribution < 1.29 is 9.50 Å². The van der Waals surface area contributed by atoms with Crippen molar-refractivity contribution >= 4 is 11.6 Å². The largest absolute Gasteiger partial charge is 0.392 e. The highest BCUT2D eigenvalue weighted by Gasteiger charge is 2.18. The molecule has 16 heavy (non-hydrogen) atoms. The van der Waals surface area contributed by atoms with Crippen molar-refractivity contribution in [3.63, 3.8) is 0 Å². The second kappa shape index (κ2) is 5.13. The lowest BCUT2D eigenvalue weighted by molar-refractivity contribution is 0.0668. The Hall–Kier alpha value is -0.640. The Morgan fingerprint density at radius 1 is 1.50 bits per heavy atom. The molecular weight excluding hydrogens is 229 g/mol. The molecule has 0 spiro atoms. The first-order valence-corrected chi connectivity index (χ1v) is 5.87. The summed E-state index contributed by atoms with van der Waals surface area (Å²) in [4.78, 5) is 2.15. The molecule has 1 aromatic carbocycles. The van der Waals surface area contributed by atoms with Gasteiger partial charge in [0.25, 0.3) is 0 Å². The van der Waals surface area contributed by atoms with Crippen molar-refractivity contribution in [3.05, 3.63) is 34.6 Å². The molecule has 88 valence electrons. The molecule has 1 aliphatic heterocycles. The van der Waals surface area contributed by atoms with Crippen LogP contribution < -0.4 is 0 Å². The number of piperidine rings is 1. The lowest BCUT2D eigenvalue weighted by atomic mass is 10.1. The monoisotopic (exact) mass is 243 g/mol. The van der Waals surface area contributed by atoms with E-state index in [1.54, 1.807) is 6.07 Å². The van der Waals surface area contributed by atoms with Crippen LogP contribution in [0.3, 0.4) is 0 Å². The van der Waals surface area contributed by atoms with Gasteiger partial charge >= 0.3 is 0 Å². The van der Waals surface area contributed by atoms with Gasteiger partial charge < -0.3 is 5.11 Å². The van der Waals surface area contributed by atoms with Crippen molar-refractivity contribution in [2.24, 2.45) is 0 Å². The lowest BCUT2D eigenvalue weighted by Crippen LogP contribution is -2.37. The fraction of sp³-hybridized carbons (Fsp3) is 0.500. The van der Waals surface area contributed by atoms with E-state index < -0.39 is 0 Å². The fourth-order valence-corrected chi connectivity index (χ4v) is 2.29. The minimum Gasteiger partial charge on any atom is -0.392 e. The number of hydrogen-bond donors (Lipinski definition) is 1. The second-order valence-corrected chi connectivity index (χ2v) is 4.67. The molecule has 1 heterocycles. The highest BCUT2D eigenvalue weighted by atomic mass is 35.5. The molecule has 0 saturated carbocycles. The van der Waals surface area contributed by atoms with Gasteiger partial charge in [0.2, 0.25) is 0 Å². The molecule has 0 unspecified atom stereocenters. The van der Waals surface area contributed by atoms with E-state index in [9.17, 15) is 9.50 Å². The van der Waals surface area contributed by atoms with Gasteiger partial charge in [0, 0.05) is 18.1 Å². The van der Waals surface area contributed by atoms with E-state index >= 15 is 0 Å². The van der Waals surface area contributed by atoms with Gasteiger partial charge in [-0.15, -0.1) is 0 Å². The Morgan fingerprint density at radius 3 is 3.00 bits per heavy atom. The van der Waals surface area contributed by atoms with Crippen LogP contribution in [0.2, 0.25) is 5.02 Å². The number of hydrogen-bond acceptors (Lipinski definition) is 2. The molecule has 0 amide bonds. The third-order valence-electron chi connectivity index (χ3n) is 2.89. The molecule has 2 rings (SSSR count). The van der Waals surface area contributed by atoms with Crippen LogP contribution in [-0.2, 0) is 6.54 Å². The highest BCUT2D eigenvalue weighted by Crippen LogP contribution is 2.21. The number of aliphatic hydroxyl groups is 1. The van der Waals surface area contributed by atoms with Gasteiger partial charge in [0.15, 0.2) is 0 Å². The van der Waals surface area contributed by atoms with Gasteiger partial charge in [0.1, 0.15) is 5.82 Å². The fourth-order valence-electron chi connectivity index (χ4n) is 2.07. The molecule has 0 aromatic heterocycles. The van der Waals surface area contributed by atoms with Crippen LogP contribution in [0.4, 0.5) is 4.39 Å². The zero-order valence-electron chi connectivity index (χ0n) is 9.00. The number of aliphatic hydroxyl groups excluding tert-OH is 1. The third-order valence-corrected chi connectivity index (χ3v) is 3.24. The van der Waals surface area contributed by atoms with Gasteiger partial charge in [-0.3, -0.25) is 4.90 Å². The Bertz CT molecular complexity index is 372. The molecule has 4 heteroatoms. The zero-order valence-corrected chi connectivity index (χ0v) is 9.75. The van der Waals surface area contributed by atoms with Crippen molar-refractivity contribution in [2.75, 3.05) is 13.1 Å². The summed E-state index contributed by atoms with van der Waals surface area (Å²) in [6.07, 6.45) is 1.63. The SMILES string of the molecule is O[C@@H]1CCCN(Cc2ccc(F)cc2Cl)C1. The van der Waals surface area contributed by atoms with Gasteiger partial charge in [0.05, 0.1) is 6.10 Å². The number of rotatable bonds is 2. The van der Waals surface area contributed by atoms with E-state index in [1.165, 1.54) is 12.1 Å². The molecule has 2 nitrogen and oxygen atoms in total. The maximum Gasteiger partial charge on any atom is 0.124 e. The number of nitrogens with zero attached hydrogens (tertiary/aromatic N) is 1. The second-order valence-electron chi connectivity index (χ2n) is 4.27. The van der Waals surface area contributed by atoms with E-state index in [0.29, 0.717) is 18.1 Å². The van der Waals surface area contributed by atoms with E-state index in [4.69, 9.17) is 11.6 Å². The molecule has 1 N–H and O–H groups in total. The third kappa shape index (κ3) is 2.94. The predicted molar refractivity (Wildman–Crippen MR) is 61.9 cm³/mol. The summed E-state index contributed by atoms with van der Waals surface area (Å²) in [7, 11) is 0. The van der Waals surface area contributed by atoms with E-state index in [-0.39, 0.29) is 11.9 Å².